The Labute approximate surface area is 163 Å². The minimum absolute atomic E-state index is 0.0378. The molecule has 1 aliphatic heterocycles. The van der Waals surface area contributed by atoms with Crippen LogP contribution in [0.2, 0.25) is 0 Å². The second-order valence-corrected chi connectivity index (χ2v) is 9.61. The number of benzene rings is 1. The summed E-state index contributed by atoms with van der Waals surface area (Å²) in [7, 11) is -7.88. The normalized spacial score (nSPS) is 16.3. The van der Waals surface area contributed by atoms with Crippen LogP contribution in [0.15, 0.2) is 47.5 Å². The summed E-state index contributed by atoms with van der Waals surface area (Å²) < 4.78 is 58.4. The maximum atomic E-state index is 12.8. The number of sulfonamides is 2. The Kier molecular flexibility index (Phi) is 5.68. The van der Waals surface area contributed by atoms with Gasteiger partial charge in [0.25, 0.3) is 0 Å². The van der Waals surface area contributed by atoms with Crippen LogP contribution in [0.5, 0.6) is 5.75 Å². The zero-order valence-corrected chi connectivity index (χ0v) is 16.7. The van der Waals surface area contributed by atoms with Crippen molar-refractivity contribution in [2.75, 3.05) is 16.7 Å². The van der Waals surface area contributed by atoms with Crippen molar-refractivity contribution in [3.8, 4) is 5.75 Å². The standard InChI is InChI=1S/C17H19N3O6S2/c1-2-26-15-7-6-14(20-17(21)8-10-27(20,22)23)11-16(15)28(24,25)19-12-13-5-3-4-9-18-13/h3-7,9,11,19H,2,8,10,12H2,1H3. The maximum absolute atomic E-state index is 12.8. The lowest BCUT2D eigenvalue weighted by Crippen LogP contribution is -2.30. The van der Waals surface area contributed by atoms with Crippen LogP contribution in [0.4, 0.5) is 5.69 Å². The number of pyridine rings is 1. The monoisotopic (exact) mass is 425 g/mol. The molecular formula is C17H19N3O6S2. The summed E-state index contributed by atoms with van der Waals surface area (Å²) in [5.74, 6) is -0.850. The fourth-order valence-corrected chi connectivity index (χ4v) is 5.34. The van der Waals surface area contributed by atoms with Gasteiger partial charge >= 0.3 is 0 Å². The average Bonchev–Trinajstić information content (AvgIpc) is 2.94. The number of anilines is 1. The van der Waals surface area contributed by atoms with E-state index in [-0.39, 0.29) is 41.7 Å². The molecule has 11 heteroatoms. The van der Waals surface area contributed by atoms with Crippen molar-refractivity contribution < 1.29 is 26.4 Å². The number of nitrogens with one attached hydrogen (secondary N) is 1. The lowest BCUT2D eigenvalue weighted by molar-refractivity contribution is -0.116. The van der Waals surface area contributed by atoms with Crippen molar-refractivity contribution in [2.24, 2.45) is 0 Å². The number of carbonyl (C=O) groups excluding carboxylic acids is 1. The van der Waals surface area contributed by atoms with Gasteiger partial charge < -0.3 is 4.74 Å². The maximum Gasteiger partial charge on any atom is 0.244 e. The molecule has 2 aromatic rings. The molecule has 0 bridgehead atoms. The third kappa shape index (κ3) is 4.16. The van der Waals surface area contributed by atoms with Crippen molar-refractivity contribution >= 4 is 31.6 Å². The lowest BCUT2D eigenvalue weighted by atomic mass is 10.3. The van der Waals surface area contributed by atoms with Crippen LogP contribution in [-0.2, 0) is 31.4 Å². The highest BCUT2D eigenvalue weighted by atomic mass is 32.2. The van der Waals surface area contributed by atoms with Crippen molar-refractivity contribution in [1.29, 1.82) is 0 Å². The minimum atomic E-state index is -4.07. The van der Waals surface area contributed by atoms with E-state index in [1.807, 2.05) is 0 Å². The fraction of sp³-hybridized carbons (Fsp3) is 0.294. The minimum Gasteiger partial charge on any atom is -0.492 e. The van der Waals surface area contributed by atoms with E-state index in [1.165, 1.54) is 12.1 Å². The van der Waals surface area contributed by atoms with Crippen molar-refractivity contribution in [3.05, 3.63) is 48.3 Å². The Morgan fingerprint density at radius 2 is 2.04 bits per heavy atom. The molecule has 1 saturated heterocycles. The highest BCUT2D eigenvalue weighted by molar-refractivity contribution is 7.94. The molecule has 1 aromatic heterocycles. The van der Waals surface area contributed by atoms with E-state index in [4.69, 9.17) is 4.74 Å². The van der Waals surface area contributed by atoms with Crippen LogP contribution in [0, 0.1) is 0 Å². The van der Waals surface area contributed by atoms with Gasteiger partial charge in [-0.05, 0) is 37.3 Å². The Morgan fingerprint density at radius 1 is 1.25 bits per heavy atom. The van der Waals surface area contributed by atoms with Gasteiger partial charge in [-0.2, -0.15) is 0 Å². The predicted molar refractivity (Wildman–Crippen MR) is 102 cm³/mol. The molecule has 0 aliphatic carbocycles. The van der Waals surface area contributed by atoms with E-state index < -0.39 is 26.0 Å². The number of nitrogens with zero attached hydrogens (tertiary/aromatic N) is 2. The predicted octanol–water partition coefficient (Wildman–Crippen LogP) is 1.03. The van der Waals surface area contributed by atoms with Gasteiger partial charge in [0.2, 0.25) is 26.0 Å². The molecule has 1 fully saturated rings. The molecule has 2 heterocycles. The molecule has 1 N–H and O–H groups in total. The first-order valence-electron chi connectivity index (χ1n) is 8.47. The van der Waals surface area contributed by atoms with E-state index in [0.717, 1.165) is 6.07 Å². The Bertz CT molecular complexity index is 1090. The number of hydrogen-bond donors (Lipinski definition) is 1. The summed E-state index contributed by atoms with van der Waals surface area (Å²) in [5.41, 5.74) is 0.474. The quantitative estimate of drug-likeness (QED) is 0.703. The summed E-state index contributed by atoms with van der Waals surface area (Å²) in [4.78, 5) is 15.8. The number of amides is 1. The van der Waals surface area contributed by atoms with Gasteiger partial charge in [-0.25, -0.2) is 25.9 Å². The van der Waals surface area contributed by atoms with E-state index in [9.17, 15) is 21.6 Å². The van der Waals surface area contributed by atoms with Gasteiger partial charge in [0.05, 0.1) is 30.3 Å². The summed E-state index contributed by atoms with van der Waals surface area (Å²) in [6.07, 6.45) is 1.40. The largest absolute Gasteiger partial charge is 0.492 e. The smallest absolute Gasteiger partial charge is 0.244 e. The molecular weight excluding hydrogens is 406 g/mol. The Balaban J connectivity index is 1.99. The molecule has 28 heavy (non-hydrogen) atoms. The van der Waals surface area contributed by atoms with E-state index in [0.29, 0.717) is 10.00 Å². The molecule has 0 saturated carbocycles. The van der Waals surface area contributed by atoms with Crippen molar-refractivity contribution in [2.45, 2.75) is 24.8 Å². The zero-order chi connectivity index (χ0) is 20.4. The average molecular weight is 425 g/mol. The first-order valence-corrected chi connectivity index (χ1v) is 11.6. The Hall–Kier alpha value is -2.50. The van der Waals surface area contributed by atoms with Crippen LogP contribution in [0.3, 0.4) is 0 Å². The summed E-state index contributed by atoms with van der Waals surface area (Å²) in [6.45, 7) is 1.85. The highest BCUT2D eigenvalue weighted by Crippen LogP contribution is 2.32. The highest BCUT2D eigenvalue weighted by Gasteiger charge is 2.37. The van der Waals surface area contributed by atoms with Crippen LogP contribution in [0.25, 0.3) is 0 Å². The summed E-state index contributed by atoms with van der Waals surface area (Å²) in [5, 5.41) is 0. The van der Waals surface area contributed by atoms with Gasteiger partial charge in [-0.15, -0.1) is 0 Å². The second kappa shape index (κ2) is 7.86. The van der Waals surface area contributed by atoms with Gasteiger partial charge in [0.15, 0.2) is 0 Å². The van der Waals surface area contributed by atoms with Gasteiger partial charge in [0.1, 0.15) is 10.6 Å². The molecule has 0 unspecified atom stereocenters. The molecule has 0 radical (unpaired) electrons. The third-order valence-electron chi connectivity index (χ3n) is 4.00. The summed E-state index contributed by atoms with van der Waals surface area (Å²) >= 11 is 0. The molecule has 1 aromatic carbocycles. The van der Waals surface area contributed by atoms with Crippen LogP contribution in [-0.4, -0.2) is 40.1 Å². The number of carbonyl (C=O) groups is 1. The molecule has 0 atom stereocenters. The van der Waals surface area contributed by atoms with E-state index in [1.54, 1.807) is 31.3 Å². The number of rotatable bonds is 7. The van der Waals surface area contributed by atoms with Crippen molar-refractivity contribution in [3.63, 3.8) is 0 Å². The van der Waals surface area contributed by atoms with E-state index >= 15 is 0 Å². The molecule has 0 spiro atoms. The molecule has 1 amide bonds. The fourth-order valence-electron chi connectivity index (χ4n) is 2.73. The molecule has 9 nitrogen and oxygen atoms in total. The topological polar surface area (TPSA) is 123 Å². The van der Waals surface area contributed by atoms with Crippen LogP contribution in [0.1, 0.15) is 19.0 Å². The van der Waals surface area contributed by atoms with E-state index in [2.05, 4.69) is 9.71 Å². The molecule has 1 aliphatic rings. The number of hydrogen-bond acceptors (Lipinski definition) is 7. The van der Waals surface area contributed by atoms with Crippen LogP contribution < -0.4 is 13.8 Å². The SMILES string of the molecule is CCOc1ccc(N2C(=O)CCS2(=O)=O)cc1S(=O)(=O)NCc1ccccn1. The zero-order valence-electron chi connectivity index (χ0n) is 15.0. The van der Waals surface area contributed by atoms with Crippen molar-refractivity contribution in [1.82, 2.24) is 9.71 Å². The van der Waals surface area contributed by atoms with Gasteiger partial charge in [-0.1, -0.05) is 6.07 Å². The molecule has 3 rings (SSSR count). The van der Waals surface area contributed by atoms with Gasteiger partial charge in [0, 0.05) is 12.6 Å². The lowest BCUT2D eigenvalue weighted by Gasteiger charge is -2.18. The summed E-state index contributed by atoms with van der Waals surface area (Å²) in [6, 6.07) is 8.93. The second-order valence-electron chi connectivity index (χ2n) is 5.93. The number of aromatic nitrogens is 1. The third-order valence-corrected chi connectivity index (χ3v) is 7.11. The van der Waals surface area contributed by atoms with Gasteiger partial charge in [-0.3, -0.25) is 9.78 Å². The van der Waals surface area contributed by atoms with Crippen LogP contribution >= 0.6 is 0 Å². The Morgan fingerprint density at radius 3 is 2.64 bits per heavy atom. The first-order chi connectivity index (χ1) is 13.2. The number of ether oxygens (including phenoxy) is 1. The first kappa shape index (κ1) is 20.2. The molecule has 150 valence electrons.